The summed E-state index contributed by atoms with van der Waals surface area (Å²) in [5.74, 6) is -0.302. The number of unbranched alkanes of at least 4 members (excludes halogenated alkanes) is 2. The topological polar surface area (TPSA) is 66.5 Å². The molecule has 0 radical (unpaired) electrons. The number of hydrogen-bond acceptors (Lipinski definition) is 3. The number of sulfonamides is 1. The summed E-state index contributed by atoms with van der Waals surface area (Å²) >= 11 is 0. The third-order valence-electron chi connectivity index (χ3n) is 4.50. The lowest BCUT2D eigenvalue weighted by atomic mass is 10.1. The Kier molecular flexibility index (Phi) is 7.42. The molecule has 0 saturated carbocycles. The Labute approximate surface area is 162 Å². The lowest BCUT2D eigenvalue weighted by Crippen LogP contribution is -2.41. The number of nitrogens with zero attached hydrogens (tertiary/aromatic N) is 1. The zero-order valence-electron chi connectivity index (χ0n) is 16.2. The van der Waals surface area contributed by atoms with E-state index in [1.807, 2.05) is 19.9 Å². The first kappa shape index (κ1) is 21.0. The highest BCUT2D eigenvalue weighted by Crippen LogP contribution is 2.25. The first-order valence-electron chi connectivity index (χ1n) is 9.28. The molecule has 5 nitrogen and oxygen atoms in total. The standard InChI is InChI=1S/C21H28N2O3S/c1-4-5-9-14-22-21(24)16-23(19-13-12-17(2)18(3)15-19)27(25,26)20-10-7-6-8-11-20/h6-8,10-13,15H,4-5,9,14,16H2,1-3H3,(H,22,24). The van der Waals surface area contributed by atoms with Gasteiger partial charge < -0.3 is 5.32 Å². The van der Waals surface area contributed by atoms with E-state index in [1.54, 1.807) is 42.5 Å². The molecule has 0 heterocycles. The van der Waals surface area contributed by atoms with Crippen molar-refractivity contribution < 1.29 is 13.2 Å². The summed E-state index contributed by atoms with van der Waals surface area (Å²) in [4.78, 5) is 12.6. The SMILES string of the molecule is CCCCCNC(=O)CN(c1ccc(C)c(C)c1)S(=O)(=O)c1ccccc1. The van der Waals surface area contributed by atoms with E-state index in [4.69, 9.17) is 0 Å². The monoisotopic (exact) mass is 388 g/mol. The molecule has 146 valence electrons. The molecule has 27 heavy (non-hydrogen) atoms. The van der Waals surface area contributed by atoms with Crippen LogP contribution >= 0.6 is 0 Å². The summed E-state index contributed by atoms with van der Waals surface area (Å²) in [6.45, 7) is 6.30. The Morgan fingerprint density at radius 2 is 1.70 bits per heavy atom. The van der Waals surface area contributed by atoms with Crippen LogP contribution in [-0.2, 0) is 14.8 Å². The number of rotatable bonds is 9. The molecule has 2 aromatic carbocycles. The maximum atomic E-state index is 13.2. The first-order chi connectivity index (χ1) is 12.9. The van der Waals surface area contributed by atoms with Gasteiger partial charge in [-0.3, -0.25) is 9.10 Å². The van der Waals surface area contributed by atoms with Crippen LogP contribution in [0.4, 0.5) is 5.69 Å². The summed E-state index contributed by atoms with van der Waals surface area (Å²) in [6.07, 6.45) is 2.98. The third-order valence-corrected chi connectivity index (χ3v) is 6.29. The van der Waals surface area contributed by atoms with Crippen molar-refractivity contribution in [2.45, 2.75) is 44.9 Å². The van der Waals surface area contributed by atoms with E-state index >= 15 is 0 Å². The van der Waals surface area contributed by atoms with E-state index in [0.29, 0.717) is 12.2 Å². The van der Waals surface area contributed by atoms with Crippen LogP contribution in [0, 0.1) is 13.8 Å². The van der Waals surface area contributed by atoms with Crippen molar-refractivity contribution in [3.63, 3.8) is 0 Å². The Bertz CT molecular complexity index is 864. The maximum Gasteiger partial charge on any atom is 0.264 e. The summed E-state index contributed by atoms with van der Waals surface area (Å²) < 4.78 is 27.6. The van der Waals surface area contributed by atoms with Gasteiger partial charge in [0.2, 0.25) is 5.91 Å². The van der Waals surface area contributed by atoms with E-state index in [9.17, 15) is 13.2 Å². The molecule has 0 spiro atoms. The average Bonchev–Trinajstić information content (AvgIpc) is 2.66. The Morgan fingerprint density at radius 3 is 2.33 bits per heavy atom. The van der Waals surface area contributed by atoms with Crippen LogP contribution in [0.2, 0.25) is 0 Å². The highest BCUT2D eigenvalue weighted by molar-refractivity contribution is 7.92. The van der Waals surface area contributed by atoms with Crippen molar-refractivity contribution in [1.29, 1.82) is 0 Å². The number of hydrogen-bond donors (Lipinski definition) is 1. The lowest BCUT2D eigenvalue weighted by Gasteiger charge is -2.24. The Balaban J connectivity index is 2.31. The second-order valence-electron chi connectivity index (χ2n) is 6.65. The summed E-state index contributed by atoms with van der Waals surface area (Å²) in [5.41, 5.74) is 2.54. The van der Waals surface area contributed by atoms with Gasteiger partial charge in [0.25, 0.3) is 10.0 Å². The van der Waals surface area contributed by atoms with Gasteiger partial charge in [0.05, 0.1) is 10.6 Å². The van der Waals surface area contributed by atoms with E-state index in [-0.39, 0.29) is 17.3 Å². The summed E-state index contributed by atoms with van der Waals surface area (Å²) in [7, 11) is -3.84. The molecule has 0 aliphatic rings. The fraction of sp³-hybridized carbons (Fsp3) is 0.381. The predicted molar refractivity (Wildman–Crippen MR) is 109 cm³/mol. The predicted octanol–water partition coefficient (Wildman–Crippen LogP) is 3.81. The highest BCUT2D eigenvalue weighted by Gasteiger charge is 2.27. The minimum atomic E-state index is -3.84. The van der Waals surface area contributed by atoms with Crippen LogP contribution in [0.25, 0.3) is 0 Å². The van der Waals surface area contributed by atoms with Crippen LogP contribution in [-0.4, -0.2) is 27.4 Å². The number of aryl methyl sites for hydroxylation is 2. The Hall–Kier alpha value is -2.34. The molecule has 0 aliphatic heterocycles. The molecular weight excluding hydrogens is 360 g/mol. The van der Waals surface area contributed by atoms with Gasteiger partial charge in [0, 0.05) is 6.54 Å². The quantitative estimate of drug-likeness (QED) is 0.665. The minimum Gasteiger partial charge on any atom is -0.355 e. The van der Waals surface area contributed by atoms with Crippen molar-refractivity contribution in [1.82, 2.24) is 5.32 Å². The largest absolute Gasteiger partial charge is 0.355 e. The summed E-state index contributed by atoms with van der Waals surface area (Å²) in [6, 6.07) is 13.6. The van der Waals surface area contributed by atoms with Crippen molar-refractivity contribution in [2.75, 3.05) is 17.4 Å². The average molecular weight is 389 g/mol. The van der Waals surface area contributed by atoms with E-state index in [2.05, 4.69) is 12.2 Å². The van der Waals surface area contributed by atoms with Gasteiger partial charge in [0.1, 0.15) is 6.54 Å². The molecule has 1 N–H and O–H groups in total. The van der Waals surface area contributed by atoms with Crippen LogP contribution < -0.4 is 9.62 Å². The number of nitrogens with one attached hydrogen (secondary N) is 1. The fourth-order valence-electron chi connectivity index (χ4n) is 2.70. The summed E-state index contributed by atoms with van der Waals surface area (Å²) in [5, 5.41) is 2.82. The molecule has 0 bridgehead atoms. The van der Waals surface area contributed by atoms with Gasteiger partial charge in [0.15, 0.2) is 0 Å². The first-order valence-corrected chi connectivity index (χ1v) is 10.7. The second-order valence-corrected chi connectivity index (χ2v) is 8.51. The number of anilines is 1. The highest BCUT2D eigenvalue weighted by atomic mass is 32.2. The van der Waals surface area contributed by atoms with E-state index in [1.165, 1.54) is 4.31 Å². The molecule has 0 saturated heterocycles. The minimum absolute atomic E-state index is 0.169. The maximum absolute atomic E-state index is 13.2. The molecule has 0 aromatic heterocycles. The lowest BCUT2D eigenvalue weighted by molar-refractivity contribution is -0.119. The molecule has 0 unspecified atom stereocenters. The van der Waals surface area contributed by atoms with Crippen LogP contribution in [0.1, 0.15) is 37.3 Å². The molecule has 0 aliphatic carbocycles. The third kappa shape index (κ3) is 5.57. The zero-order chi connectivity index (χ0) is 19.9. The van der Waals surface area contributed by atoms with Crippen molar-refractivity contribution in [2.24, 2.45) is 0 Å². The Morgan fingerprint density at radius 1 is 1.00 bits per heavy atom. The van der Waals surface area contributed by atoms with Gasteiger partial charge in [-0.05, 0) is 55.7 Å². The molecule has 1 amide bonds. The van der Waals surface area contributed by atoms with Crippen molar-refractivity contribution in [3.05, 3.63) is 59.7 Å². The normalized spacial score (nSPS) is 11.2. The van der Waals surface area contributed by atoms with Crippen LogP contribution in [0.15, 0.2) is 53.4 Å². The molecule has 6 heteroatoms. The molecule has 2 aromatic rings. The van der Waals surface area contributed by atoms with E-state index in [0.717, 1.165) is 30.4 Å². The molecule has 0 atom stereocenters. The van der Waals surface area contributed by atoms with Crippen LogP contribution in [0.3, 0.4) is 0 Å². The molecular formula is C21H28N2O3S. The second kappa shape index (κ2) is 9.55. The van der Waals surface area contributed by atoms with Crippen LogP contribution in [0.5, 0.6) is 0 Å². The number of amides is 1. The molecule has 2 rings (SSSR count). The number of carbonyl (C=O) groups is 1. The number of benzene rings is 2. The van der Waals surface area contributed by atoms with Gasteiger partial charge in [-0.15, -0.1) is 0 Å². The van der Waals surface area contributed by atoms with Gasteiger partial charge in [-0.1, -0.05) is 44.0 Å². The molecule has 0 fully saturated rings. The van der Waals surface area contributed by atoms with Gasteiger partial charge in [-0.25, -0.2) is 8.42 Å². The zero-order valence-corrected chi connectivity index (χ0v) is 17.1. The number of carbonyl (C=O) groups excluding carboxylic acids is 1. The van der Waals surface area contributed by atoms with E-state index < -0.39 is 10.0 Å². The van der Waals surface area contributed by atoms with Crippen molar-refractivity contribution in [3.8, 4) is 0 Å². The fourth-order valence-corrected chi connectivity index (χ4v) is 4.14. The smallest absolute Gasteiger partial charge is 0.264 e. The van der Waals surface area contributed by atoms with Gasteiger partial charge in [-0.2, -0.15) is 0 Å². The van der Waals surface area contributed by atoms with Crippen molar-refractivity contribution >= 4 is 21.6 Å². The van der Waals surface area contributed by atoms with Gasteiger partial charge >= 0.3 is 0 Å².